The van der Waals surface area contributed by atoms with Gasteiger partial charge in [-0.25, -0.2) is 0 Å². The summed E-state index contributed by atoms with van der Waals surface area (Å²) in [6, 6.07) is 13.4. The number of benzene rings is 2. The molecule has 0 saturated heterocycles. The summed E-state index contributed by atoms with van der Waals surface area (Å²) >= 11 is 2.14. The fourth-order valence-corrected chi connectivity index (χ4v) is 3.49. The van der Waals surface area contributed by atoms with E-state index in [1.165, 1.54) is 6.08 Å². The van der Waals surface area contributed by atoms with E-state index in [2.05, 4.69) is 32.6 Å². The van der Waals surface area contributed by atoms with Crippen molar-refractivity contribution in [2.24, 2.45) is 0 Å². The summed E-state index contributed by atoms with van der Waals surface area (Å²) in [5, 5.41) is 20.4. The molecule has 9 nitrogen and oxygen atoms in total. The Morgan fingerprint density at radius 1 is 1.23 bits per heavy atom. The number of halogens is 1. The third-order valence-electron chi connectivity index (χ3n) is 4.07. The Bertz CT molecular complexity index is 1180. The summed E-state index contributed by atoms with van der Waals surface area (Å²) in [7, 11) is 0. The first-order valence-corrected chi connectivity index (χ1v) is 10.3. The zero-order chi connectivity index (χ0) is 22.4. The molecule has 0 fully saturated rings. The van der Waals surface area contributed by atoms with Gasteiger partial charge in [-0.1, -0.05) is 36.4 Å². The number of nitro groups is 1. The second-order valence-electron chi connectivity index (χ2n) is 6.25. The molecule has 0 aliphatic rings. The lowest BCUT2D eigenvalue weighted by molar-refractivity contribution is -0.387. The van der Waals surface area contributed by atoms with E-state index in [9.17, 15) is 20.0 Å². The van der Waals surface area contributed by atoms with Gasteiger partial charge in [-0.05, 0) is 58.9 Å². The summed E-state index contributed by atoms with van der Waals surface area (Å²) in [4.78, 5) is 27.5. The average molecular weight is 535 g/mol. The Hall–Kier alpha value is -3.41. The van der Waals surface area contributed by atoms with Crippen LogP contribution < -0.4 is 15.0 Å². The molecule has 0 saturated carbocycles. The highest BCUT2D eigenvalue weighted by Gasteiger charge is 2.21. The number of H-pyrrole nitrogens is 1. The first-order valence-electron chi connectivity index (χ1n) is 9.18. The van der Waals surface area contributed by atoms with Crippen molar-refractivity contribution in [2.75, 3.05) is 6.61 Å². The van der Waals surface area contributed by atoms with E-state index in [-0.39, 0.29) is 5.82 Å². The molecular formula is C21H18IN3O6. The highest BCUT2D eigenvalue weighted by molar-refractivity contribution is 14.1. The summed E-state index contributed by atoms with van der Waals surface area (Å²) in [5.74, 6) is 0.203. The van der Waals surface area contributed by atoms with E-state index in [4.69, 9.17) is 9.47 Å². The van der Waals surface area contributed by atoms with Crippen LogP contribution in [-0.2, 0) is 6.61 Å². The number of hydrogen-bond donors (Lipinski definition) is 2. The smallest absolute Gasteiger partial charge is 0.395 e. The lowest BCUT2D eigenvalue weighted by Crippen LogP contribution is -2.14. The number of aromatic amines is 1. The Balaban J connectivity index is 1.87. The van der Waals surface area contributed by atoms with E-state index in [0.29, 0.717) is 24.7 Å². The number of nitrogens with one attached hydrogen (secondary N) is 1. The van der Waals surface area contributed by atoms with Gasteiger partial charge in [-0.3, -0.25) is 14.9 Å². The molecule has 0 radical (unpaired) electrons. The minimum Gasteiger partial charge on any atom is -0.490 e. The molecule has 0 atom stereocenters. The van der Waals surface area contributed by atoms with Crippen molar-refractivity contribution >= 4 is 40.4 Å². The maximum Gasteiger partial charge on any atom is 0.395 e. The van der Waals surface area contributed by atoms with Gasteiger partial charge >= 0.3 is 11.2 Å². The molecule has 0 spiro atoms. The number of hydrogen-bond acceptors (Lipinski definition) is 7. The van der Waals surface area contributed by atoms with Crippen LogP contribution in [0.25, 0.3) is 12.2 Å². The van der Waals surface area contributed by atoms with Gasteiger partial charge in [-0.15, -0.1) is 0 Å². The van der Waals surface area contributed by atoms with Gasteiger partial charge in [0.05, 0.1) is 15.1 Å². The first-order chi connectivity index (χ1) is 14.9. The average Bonchev–Trinajstić information content (AvgIpc) is 2.72. The summed E-state index contributed by atoms with van der Waals surface area (Å²) < 4.78 is 12.5. The first kappa shape index (κ1) is 22.3. The van der Waals surface area contributed by atoms with E-state index < -0.39 is 22.0 Å². The zero-order valence-corrected chi connectivity index (χ0v) is 18.5. The lowest BCUT2D eigenvalue weighted by atomic mass is 10.2. The van der Waals surface area contributed by atoms with Crippen molar-refractivity contribution in [3.8, 4) is 17.4 Å². The predicted molar refractivity (Wildman–Crippen MR) is 123 cm³/mol. The van der Waals surface area contributed by atoms with Crippen LogP contribution in [0.2, 0.25) is 0 Å². The van der Waals surface area contributed by atoms with Gasteiger partial charge in [0.2, 0.25) is 0 Å². The molecule has 1 aromatic heterocycles. The van der Waals surface area contributed by atoms with Gasteiger partial charge in [0.25, 0.3) is 5.88 Å². The number of aromatic nitrogens is 2. The van der Waals surface area contributed by atoms with Crippen LogP contribution in [-0.4, -0.2) is 26.6 Å². The van der Waals surface area contributed by atoms with Crippen LogP contribution in [0.5, 0.6) is 17.4 Å². The molecule has 2 N–H and O–H groups in total. The quantitative estimate of drug-likeness (QED) is 0.252. The van der Waals surface area contributed by atoms with Gasteiger partial charge in [0.1, 0.15) is 12.4 Å². The molecule has 3 rings (SSSR count). The van der Waals surface area contributed by atoms with Crippen molar-refractivity contribution < 1.29 is 19.5 Å². The zero-order valence-electron chi connectivity index (χ0n) is 16.4. The maximum atomic E-state index is 11.8. The number of aromatic hydroxyl groups is 1. The molecule has 0 bridgehead atoms. The topological polar surface area (TPSA) is 128 Å². The normalized spacial score (nSPS) is 10.9. The van der Waals surface area contributed by atoms with Crippen LogP contribution in [0, 0.1) is 13.7 Å². The monoisotopic (exact) mass is 535 g/mol. The van der Waals surface area contributed by atoms with Crippen molar-refractivity contribution in [1.82, 2.24) is 9.97 Å². The van der Waals surface area contributed by atoms with Crippen LogP contribution in [0.1, 0.15) is 23.9 Å². The Labute approximate surface area is 190 Å². The number of rotatable bonds is 8. The fraction of sp³-hybridized carbons (Fsp3) is 0.143. The number of ether oxygens (including phenoxy) is 2. The third-order valence-corrected chi connectivity index (χ3v) is 4.87. The minimum absolute atomic E-state index is 0.0227. The molecule has 2 aromatic carbocycles. The van der Waals surface area contributed by atoms with Crippen LogP contribution in [0.4, 0.5) is 5.69 Å². The van der Waals surface area contributed by atoms with Crippen molar-refractivity contribution in [1.29, 1.82) is 0 Å². The largest absolute Gasteiger partial charge is 0.490 e. The molecule has 3 aromatic rings. The van der Waals surface area contributed by atoms with Crippen LogP contribution >= 0.6 is 22.6 Å². The van der Waals surface area contributed by atoms with E-state index in [1.807, 2.05) is 43.3 Å². The number of nitrogens with zero attached hydrogens (tertiary/aromatic N) is 2. The third kappa shape index (κ3) is 5.60. The molecule has 0 unspecified atom stereocenters. The minimum atomic E-state index is -1.04. The maximum absolute atomic E-state index is 11.8. The van der Waals surface area contributed by atoms with Gasteiger partial charge in [0.15, 0.2) is 11.5 Å². The van der Waals surface area contributed by atoms with E-state index >= 15 is 0 Å². The van der Waals surface area contributed by atoms with Crippen LogP contribution in [0.15, 0.2) is 47.3 Å². The molecule has 0 aliphatic heterocycles. The van der Waals surface area contributed by atoms with E-state index in [1.54, 1.807) is 12.1 Å². The Morgan fingerprint density at radius 2 is 1.97 bits per heavy atom. The van der Waals surface area contributed by atoms with Gasteiger partial charge in [-0.2, -0.15) is 4.98 Å². The predicted octanol–water partition coefficient (Wildman–Crippen LogP) is 4.14. The van der Waals surface area contributed by atoms with Crippen molar-refractivity contribution in [3.05, 3.63) is 83.5 Å². The standard InChI is InChI=1S/C21H18IN3O6/c1-2-30-16-11-14(8-9-17-23-20(26)18(25(28)29)21(27)24-17)10-15(22)19(16)31-12-13-6-4-3-5-7-13/h3-11H,2,12H2,1H3,(H2,23,24,26,27)/b9-8-. The highest BCUT2D eigenvalue weighted by Crippen LogP contribution is 2.35. The second-order valence-corrected chi connectivity index (χ2v) is 7.41. The summed E-state index contributed by atoms with van der Waals surface area (Å²) in [5.41, 5.74) is -0.283. The molecule has 0 amide bonds. The molecular weight excluding hydrogens is 517 g/mol. The van der Waals surface area contributed by atoms with Crippen molar-refractivity contribution in [2.45, 2.75) is 13.5 Å². The summed E-state index contributed by atoms with van der Waals surface area (Å²) in [6.45, 7) is 2.69. The molecule has 160 valence electrons. The van der Waals surface area contributed by atoms with Crippen molar-refractivity contribution in [3.63, 3.8) is 0 Å². The SMILES string of the molecule is CCOc1cc(/C=C\c2nc(O)c([N+](=O)[O-])c(=O)[nH]2)cc(I)c1OCc1ccccc1. The van der Waals surface area contributed by atoms with Gasteiger partial charge in [0, 0.05) is 0 Å². The molecule has 31 heavy (non-hydrogen) atoms. The molecule has 1 heterocycles. The Morgan fingerprint density at radius 3 is 2.61 bits per heavy atom. The molecule has 10 heteroatoms. The Kier molecular flexibility index (Phi) is 7.23. The summed E-state index contributed by atoms with van der Waals surface area (Å²) in [6.07, 6.45) is 3.06. The van der Waals surface area contributed by atoms with Gasteiger partial charge < -0.3 is 19.6 Å². The highest BCUT2D eigenvalue weighted by atomic mass is 127. The van der Waals surface area contributed by atoms with E-state index in [0.717, 1.165) is 14.7 Å². The van der Waals surface area contributed by atoms with Crippen LogP contribution in [0.3, 0.4) is 0 Å². The molecule has 0 aliphatic carbocycles. The lowest BCUT2D eigenvalue weighted by Gasteiger charge is -2.15. The second kappa shape index (κ2) is 10.1. The fourth-order valence-electron chi connectivity index (χ4n) is 2.71.